The standard InChI is InChI=1S/C24H22N2O5/c1-13(27)22-21-20(19-10-4-14-12-17(31-3)9-11-18(14)26(19)22)23(28)25(24(21)29)15-5-7-16(30-2)8-6-15/h4-12,19-22H,1-3H3/t19-,20+,21+,22-/m1/s1. The summed E-state index contributed by atoms with van der Waals surface area (Å²) in [6.07, 6.45) is 3.86. The van der Waals surface area contributed by atoms with E-state index < -0.39 is 17.9 Å². The van der Waals surface area contributed by atoms with Gasteiger partial charge in [-0.2, -0.15) is 0 Å². The second-order valence-corrected chi connectivity index (χ2v) is 8.00. The third-order valence-electron chi connectivity index (χ3n) is 6.46. The fraction of sp³-hybridized carbons (Fsp3) is 0.292. The molecule has 2 amide bonds. The fourth-order valence-electron chi connectivity index (χ4n) is 5.12. The van der Waals surface area contributed by atoms with Gasteiger partial charge in [-0.3, -0.25) is 14.4 Å². The van der Waals surface area contributed by atoms with Crippen molar-refractivity contribution in [2.45, 2.75) is 19.0 Å². The second kappa shape index (κ2) is 6.97. The Labute approximate surface area is 179 Å². The molecule has 3 heterocycles. The number of fused-ring (bicyclic) bond motifs is 5. The summed E-state index contributed by atoms with van der Waals surface area (Å²) in [6, 6.07) is 11.3. The van der Waals surface area contributed by atoms with Crippen LogP contribution in [0.2, 0.25) is 0 Å². The smallest absolute Gasteiger partial charge is 0.240 e. The molecular formula is C24H22N2O5. The van der Waals surface area contributed by atoms with Crippen LogP contribution in [0.3, 0.4) is 0 Å². The zero-order valence-electron chi connectivity index (χ0n) is 17.4. The summed E-state index contributed by atoms with van der Waals surface area (Å²) in [7, 11) is 3.15. The predicted octanol–water partition coefficient (Wildman–Crippen LogP) is 2.68. The molecule has 2 aromatic carbocycles. The SMILES string of the molecule is COc1ccc(N2C(=O)[C@@H]3[C@H](C2=O)[C@@H](C(C)=O)N2c4ccc(OC)cc4C=C[C@H]32)cc1. The highest BCUT2D eigenvalue weighted by molar-refractivity contribution is 6.24. The van der Waals surface area contributed by atoms with Crippen LogP contribution < -0.4 is 19.3 Å². The van der Waals surface area contributed by atoms with Gasteiger partial charge < -0.3 is 14.4 Å². The van der Waals surface area contributed by atoms with Crippen molar-refractivity contribution in [3.63, 3.8) is 0 Å². The molecule has 0 bridgehead atoms. The van der Waals surface area contributed by atoms with Crippen molar-refractivity contribution in [1.29, 1.82) is 0 Å². The largest absolute Gasteiger partial charge is 0.497 e. The Morgan fingerprint density at radius 2 is 1.55 bits per heavy atom. The minimum atomic E-state index is -0.727. The average Bonchev–Trinajstić information content (AvgIpc) is 3.26. The molecular weight excluding hydrogens is 396 g/mol. The monoisotopic (exact) mass is 418 g/mol. The summed E-state index contributed by atoms with van der Waals surface area (Å²) < 4.78 is 10.5. The van der Waals surface area contributed by atoms with Crippen LogP contribution in [0.15, 0.2) is 48.5 Å². The number of benzene rings is 2. The maximum atomic E-state index is 13.5. The first-order chi connectivity index (χ1) is 15.0. The Hall–Kier alpha value is -3.61. The van der Waals surface area contributed by atoms with Crippen molar-refractivity contribution >= 4 is 35.0 Å². The Balaban J connectivity index is 1.58. The minimum Gasteiger partial charge on any atom is -0.497 e. The van der Waals surface area contributed by atoms with Crippen LogP contribution in [0.4, 0.5) is 11.4 Å². The van der Waals surface area contributed by atoms with Gasteiger partial charge in [0.05, 0.1) is 37.8 Å². The van der Waals surface area contributed by atoms with E-state index in [1.165, 1.54) is 11.8 Å². The average molecular weight is 418 g/mol. The highest BCUT2D eigenvalue weighted by Crippen LogP contribution is 2.49. The van der Waals surface area contributed by atoms with Crippen LogP contribution >= 0.6 is 0 Å². The number of methoxy groups -OCH3 is 2. The molecule has 2 fully saturated rings. The molecule has 31 heavy (non-hydrogen) atoms. The molecule has 0 unspecified atom stereocenters. The van der Waals surface area contributed by atoms with Crippen molar-refractivity contribution in [1.82, 2.24) is 0 Å². The highest BCUT2D eigenvalue weighted by Gasteiger charge is 2.63. The van der Waals surface area contributed by atoms with Crippen LogP contribution in [0.5, 0.6) is 11.5 Å². The summed E-state index contributed by atoms with van der Waals surface area (Å²) in [6.45, 7) is 1.49. The maximum Gasteiger partial charge on any atom is 0.240 e. The van der Waals surface area contributed by atoms with Crippen LogP contribution in [0, 0.1) is 11.8 Å². The van der Waals surface area contributed by atoms with E-state index in [1.807, 2.05) is 35.3 Å². The highest BCUT2D eigenvalue weighted by atomic mass is 16.5. The molecule has 4 atom stereocenters. The second-order valence-electron chi connectivity index (χ2n) is 8.00. The summed E-state index contributed by atoms with van der Waals surface area (Å²) in [5.41, 5.74) is 2.22. The zero-order chi connectivity index (χ0) is 21.9. The first-order valence-electron chi connectivity index (χ1n) is 10.1. The Morgan fingerprint density at radius 3 is 2.19 bits per heavy atom. The summed E-state index contributed by atoms with van der Waals surface area (Å²) in [5, 5.41) is 0. The van der Waals surface area contributed by atoms with E-state index in [4.69, 9.17) is 9.47 Å². The van der Waals surface area contributed by atoms with Crippen molar-refractivity contribution < 1.29 is 23.9 Å². The number of ether oxygens (including phenoxy) is 2. The van der Waals surface area contributed by atoms with Gasteiger partial charge in [-0.1, -0.05) is 12.2 Å². The van der Waals surface area contributed by atoms with E-state index in [9.17, 15) is 14.4 Å². The van der Waals surface area contributed by atoms with Gasteiger partial charge in [-0.25, -0.2) is 4.90 Å². The number of anilines is 2. The van der Waals surface area contributed by atoms with Crippen molar-refractivity contribution in [3.05, 3.63) is 54.1 Å². The number of hydrogen-bond acceptors (Lipinski definition) is 6. The van der Waals surface area contributed by atoms with E-state index >= 15 is 0 Å². The first kappa shape index (κ1) is 19.4. The zero-order valence-corrected chi connectivity index (χ0v) is 17.4. The molecule has 0 radical (unpaired) electrons. The Bertz CT molecular complexity index is 1120. The number of carbonyl (C=O) groups is 3. The molecule has 5 rings (SSSR count). The Morgan fingerprint density at radius 1 is 0.903 bits per heavy atom. The molecule has 0 spiro atoms. The molecule has 0 aromatic heterocycles. The third kappa shape index (κ3) is 2.69. The van der Waals surface area contributed by atoms with Gasteiger partial charge in [0, 0.05) is 11.3 Å². The van der Waals surface area contributed by atoms with E-state index in [1.54, 1.807) is 38.5 Å². The van der Waals surface area contributed by atoms with E-state index in [-0.39, 0.29) is 23.6 Å². The lowest BCUT2D eigenvalue weighted by molar-refractivity contribution is -0.126. The number of nitrogens with zero attached hydrogens (tertiary/aromatic N) is 2. The van der Waals surface area contributed by atoms with Gasteiger partial charge in [-0.15, -0.1) is 0 Å². The van der Waals surface area contributed by atoms with Crippen molar-refractivity contribution in [2.75, 3.05) is 24.0 Å². The van der Waals surface area contributed by atoms with Gasteiger partial charge >= 0.3 is 0 Å². The number of imide groups is 1. The molecule has 0 saturated carbocycles. The van der Waals surface area contributed by atoms with Crippen molar-refractivity contribution in [2.24, 2.45) is 11.8 Å². The lowest BCUT2D eigenvalue weighted by Gasteiger charge is -2.36. The van der Waals surface area contributed by atoms with Crippen LogP contribution in [-0.4, -0.2) is 43.9 Å². The number of amides is 2. The summed E-state index contributed by atoms with van der Waals surface area (Å²) >= 11 is 0. The van der Waals surface area contributed by atoms with E-state index in [2.05, 4.69) is 0 Å². The third-order valence-corrected chi connectivity index (χ3v) is 6.46. The number of carbonyl (C=O) groups excluding carboxylic acids is 3. The molecule has 2 saturated heterocycles. The molecule has 7 heteroatoms. The van der Waals surface area contributed by atoms with Gasteiger partial charge in [0.1, 0.15) is 17.5 Å². The topological polar surface area (TPSA) is 76.2 Å². The Kier molecular flexibility index (Phi) is 4.36. The number of Topliss-reactive ketones (excluding diaryl/α,β-unsaturated/α-hetero) is 1. The molecule has 2 aromatic rings. The van der Waals surface area contributed by atoms with Crippen molar-refractivity contribution in [3.8, 4) is 11.5 Å². The number of hydrogen-bond donors (Lipinski definition) is 0. The first-order valence-corrected chi connectivity index (χ1v) is 10.1. The lowest BCUT2D eigenvalue weighted by atomic mass is 9.88. The minimum absolute atomic E-state index is 0.132. The normalized spacial score (nSPS) is 25.9. The quantitative estimate of drug-likeness (QED) is 0.711. The van der Waals surface area contributed by atoms with Crippen LogP contribution in [0.25, 0.3) is 6.08 Å². The summed E-state index contributed by atoms with van der Waals surface area (Å²) in [4.78, 5) is 42.9. The number of ketones is 1. The van der Waals surface area contributed by atoms with Crippen LogP contribution in [-0.2, 0) is 14.4 Å². The predicted molar refractivity (Wildman–Crippen MR) is 115 cm³/mol. The maximum absolute atomic E-state index is 13.5. The van der Waals surface area contributed by atoms with Gasteiger partial charge in [0.25, 0.3) is 0 Å². The lowest BCUT2D eigenvalue weighted by Crippen LogP contribution is -2.48. The van der Waals surface area contributed by atoms with Gasteiger partial charge in [0.2, 0.25) is 11.8 Å². The number of rotatable bonds is 4. The molecule has 0 aliphatic carbocycles. The molecule has 158 valence electrons. The van der Waals surface area contributed by atoms with E-state index in [0.717, 1.165) is 11.3 Å². The summed E-state index contributed by atoms with van der Waals surface area (Å²) in [5.74, 6) is -0.743. The van der Waals surface area contributed by atoms with Gasteiger partial charge in [0.15, 0.2) is 5.78 Å². The molecule has 3 aliphatic rings. The molecule has 3 aliphatic heterocycles. The molecule has 0 N–H and O–H groups in total. The van der Waals surface area contributed by atoms with Crippen LogP contribution in [0.1, 0.15) is 12.5 Å². The van der Waals surface area contributed by atoms with E-state index in [0.29, 0.717) is 17.2 Å². The fourth-order valence-corrected chi connectivity index (χ4v) is 5.12. The van der Waals surface area contributed by atoms with Gasteiger partial charge in [-0.05, 0) is 49.4 Å². The molecule has 7 nitrogen and oxygen atoms in total.